The van der Waals surface area contributed by atoms with Crippen molar-refractivity contribution in [2.75, 3.05) is 5.75 Å². The molecule has 2 rings (SSSR count). The molecule has 0 aliphatic heterocycles. The third kappa shape index (κ3) is 1.33. The van der Waals surface area contributed by atoms with Crippen LogP contribution in [0.5, 0.6) is 0 Å². The van der Waals surface area contributed by atoms with Crippen LogP contribution in [0.3, 0.4) is 0 Å². The molecule has 0 bridgehead atoms. The zero-order chi connectivity index (χ0) is 10.2. The molecule has 0 amide bonds. The van der Waals surface area contributed by atoms with Crippen LogP contribution in [0.2, 0.25) is 0 Å². The van der Waals surface area contributed by atoms with Crippen LogP contribution in [-0.2, 0) is 9.84 Å². The second kappa shape index (κ2) is 2.98. The van der Waals surface area contributed by atoms with Gasteiger partial charge < -0.3 is 0 Å². The molecular formula is C6H7N5O2S. The van der Waals surface area contributed by atoms with Crippen molar-refractivity contribution in [1.29, 1.82) is 0 Å². The molecule has 2 heterocycles. The molecule has 7 nitrogen and oxygen atoms in total. The summed E-state index contributed by atoms with van der Waals surface area (Å²) in [5.74, 6) is 0.00757. The van der Waals surface area contributed by atoms with Gasteiger partial charge in [-0.3, -0.25) is 0 Å². The molecule has 0 saturated heterocycles. The molecule has 2 aromatic heterocycles. The van der Waals surface area contributed by atoms with Crippen molar-refractivity contribution in [1.82, 2.24) is 25.3 Å². The lowest BCUT2D eigenvalue weighted by Crippen LogP contribution is -2.09. The van der Waals surface area contributed by atoms with Crippen LogP contribution in [0.1, 0.15) is 6.92 Å². The highest BCUT2D eigenvalue weighted by Crippen LogP contribution is 2.06. The van der Waals surface area contributed by atoms with Gasteiger partial charge in [-0.05, 0) is 22.6 Å². The molecular weight excluding hydrogens is 206 g/mol. The van der Waals surface area contributed by atoms with Crippen molar-refractivity contribution in [3.63, 3.8) is 0 Å². The third-order valence-corrected chi connectivity index (χ3v) is 3.36. The number of tetrazole rings is 1. The Kier molecular flexibility index (Phi) is 1.92. The first-order valence-corrected chi connectivity index (χ1v) is 5.57. The third-order valence-electron chi connectivity index (χ3n) is 1.74. The number of sulfone groups is 1. The molecule has 0 N–H and O–H groups in total. The normalized spacial score (nSPS) is 12.1. The van der Waals surface area contributed by atoms with Crippen LogP contribution in [-0.4, -0.2) is 39.4 Å². The number of nitrogens with zero attached hydrogens (tertiary/aromatic N) is 5. The van der Waals surface area contributed by atoms with Crippen LogP contribution in [0.15, 0.2) is 17.2 Å². The second-order valence-electron chi connectivity index (χ2n) is 2.60. The summed E-state index contributed by atoms with van der Waals surface area (Å²) in [5.41, 5.74) is 0.417. The molecule has 8 heteroatoms. The summed E-state index contributed by atoms with van der Waals surface area (Å²) < 4.78 is 23.9. The number of aromatic nitrogens is 5. The standard InChI is InChI=1S/C6H7N5O2S/c1-2-14(12,13)6-4-3-5-7-9-10-11(5)8-6/h3-4H,2H2,1H3. The van der Waals surface area contributed by atoms with E-state index in [-0.39, 0.29) is 10.8 Å². The van der Waals surface area contributed by atoms with Gasteiger partial charge >= 0.3 is 0 Å². The number of hydrogen-bond donors (Lipinski definition) is 0. The van der Waals surface area contributed by atoms with Crippen LogP contribution in [0, 0.1) is 0 Å². The van der Waals surface area contributed by atoms with Gasteiger partial charge in [0.2, 0.25) is 0 Å². The van der Waals surface area contributed by atoms with Crippen LogP contribution >= 0.6 is 0 Å². The predicted octanol–water partition coefficient (Wildman–Crippen LogP) is -0.687. The van der Waals surface area contributed by atoms with E-state index in [1.54, 1.807) is 6.92 Å². The Labute approximate surface area is 79.7 Å². The maximum Gasteiger partial charge on any atom is 0.200 e. The van der Waals surface area contributed by atoms with Gasteiger partial charge in [-0.1, -0.05) is 6.92 Å². The van der Waals surface area contributed by atoms with Crippen molar-refractivity contribution < 1.29 is 8.42 Å². The Hall–Kier alpha value is -1.57. The van der Waals surface area contributed by atoms with E-state index < -0.39 is 9.84 Å². The first kappa shape index (κ1) is 9.00. The average molecular weight is 213 g/mol. The Morgan fingerprint density at radius 3 is 2.93 bits per heavy atom. The molecule has 0 spiro atoms. The second-order valence-corrected chi connectivity index (χ2v) is 4.83. The maximum atomic E-state index is 11.4. The van der Waals surface area contributed by atoms with Crippen molar-refractivity contribution >= 4 is 15.5 Å². The Morgan fingerprint density at radius 1 is 1.43 bits per heavy atom. The van der Waals surface area contributed by atoms with Gasteiger partial charge in [0.1, 0.15) is 0 Å². The fraction of sp³-hybridized carbons (Fsp3) is 0.333. The monoisotopic (exact) mass is 213 g/mol. The Morgan fingerprint density at radius 2 is 2.21 bits per heavy atom. The molecule has 0 saturated carbocycles. The quantitative estimate of drug-likeness (QED) is 0.656. The molecule has 0 aliphatic rings. The molecule has 0 aromatic carbocycles. The average Bonchev–Trinajstić information content (AvgIpc) is 2.64. The minimum absolute atomic E-state index is 0.00757. The summed E-state index contributed by atoms with van der Waals surface area (Å²) in [4.78, 5) is 0. The highest BCUT2D eigenvalue weighted by Gasteiger charge is 2.14. The van der Waals surface area contributed by atoms with E-state index in [0.29, 0.717) is 5.65 Å². The van der Waals surface area contributed by atoms with Gasteiger partial charge in [-0.15, -0.1) is 14.8 Å². The summed E-state index contributed by atoms with van der Waals surface area (Å²) in [7, 11) is -3.30. The largest absolute Gasteiger partial charge is 0.222 e. The van der Waals surface area contributed by atoms with Crippen molar-refractivity contribution in [3.8, 4) is 0 Å². The van der Waals surface area contributed by atoms with Gasteiger partial charge in [-0.2, -0.15) is 0 Å². The van der Waals surface area contributed by atoms with Gasteiger partial charge in [0.15, 0.2) is 20.5 Å². The van der Waals surface area contributed by atoms with E-state index >= 15 is 0 Å². The number of fused-ring (bicyclic) bond motifs is 1. The minimum Gasteiger partial charge on any atom is -0.222 e. The van der Waals surface area contributed by atoms with Gasteiger partial charge in [0.25, 0.3) is 0 Å². The SMILES string of the molecule is CCS(=O)(=O)c1ccc2nnnn2n1. The highest BCUT2D eigenvalue weighted by molar-refractivity contribution is 7.91. The van der Waals surface area contributed by atoms with Gasteiger partial charge in [0.05, 0.1) is 5.75 Å². The summed E-state index contributed by atoms with van der Waals surface area (Å²) in [6.45, 7) is 1.56. The lowest BCUT2D eigenvalue weighted by molar-refractivity contribution is 0.586. The summed E-state index contributed by atoms with van der Waals surface area (Å²) >= 11 is 0. The zero-order valence-corrected chi connectivity index (χ0v) is 8.14. The smallest absolute Gasteiger partial charge is 0.200 e. The van der Waals surface area contributed by atoms with Crippen LogP contribution in [0.4, 0.5) is 0 Å². The first-order valence-electron chi connectivity index (χ1n) is 3.91. The molecule has 0 radical (unpaired) electrons. The molecule has 14 heavy (non-hydrogen) atoms. The van der Waals surface area contributed by atoms with Gasteiger partial charge in [0, 0.05) is 0 Å². The van der Waals surface area contributed by atoms with Crippen LogP contribution < -0.4 is 0 Å². The van der Waals surface area contributed by atoms with E-state index in [9.17, 15) is 8.42 Å². The molecule has 74 valence electrons. The Bertz CT molecular complexity index is 560. The lowest BCUT2D eigenvalue weighted by atomic mass is 10.6. The fourth-order valence-electron chi connectivity index (χ4n) is 0.947. The highest BCUT2D eigenvalue weighted by atomic mass is 32.2. The van der Waals surface area contributed by atoms with Gasteiger partial charge in [-0.25, -0.2) is 8.42 Å². The summed E-state index contributed by atoms with van der Waals surface area (Å²) in [6, 6.07) is 2.90. The maximum absolute atomic E-state index is 11.4. The first-order chi connectivity index (χ1) is 6.63. The zero-order valence-electron chi connectivity index (χ0n) is 7.32. The molecule has 0 aliphatic carbocycles. The number of hydrogen-bond acceptors (Lipinski definition) is 6. The minimum atomic E-state index is -3.30. The molecule has 2 aromatic rings. The molecule has 0 unspecified atom stereocenters. The lowest BCUT2D eigenvalue weighted by Gasteiger charge is -1.98. The van der Waals surface area contributed by atoms with E-state index in [1.807, 2.05) is 0 Å². The summed E-state index contributed by atoms with van der Waals surface area (Å²) in [6.07, 6.45) is 0. The number of rotatable bonds is 2. The van der Waals surface area contributed by atoms with Crippen molar-refractivity contribution in [2.24, 2.45) is 0 Å². The van der Waals surface area contributed by atoms with Crippen LogP contribution in [0.25, 0.3) is 5.65 Å². The van der Waals surface area contributed by atoms with Crippen molar-refractivity contribution in [2.45, 2.75) is 11.9 Å². The molecule has 0 fully saturated rings. The summed E-state index contributed by atoms with van der Waals surface area (Å²) in [5, 5.41) is 14.2. The van der Waals surface area contributed by atoms with E-state index in [1.165, 1.54) is 12.1 Å². The fourth-order valence-corrected chi connectivity index (χ4v) is 1.72. The molecule has 0 atom stereocenters. The van der Waals surface area contributed by atoms with Crippen molar-refractivity contribution in [3.05, 3.63) is 12.1 Å². The Balaban J connectivity index is 2.65. The van der Waals surface area contributed by atoms with E-state index in [0.717, 1.165) is 4.63 Å². The van der Waals surface area contributed by atoms with E-state index in [2.05, 4.69) is 20.6 Å². The van der Waals surface area contributed by atoms with E-state index in [4.69, 9.17) is 0 Å². The predicted molar refractivity (Wildman–Crippen MR) is 46.3 cm³/mol. The topological polar surface area (TPSA) is 90.1 Å².